The minimum absolute atomic E-state index is 0.279. The van der Waals surface area contributed by atoms with E-state index >= 15 is 0 Å². The SMILES string of the molecule is O=C(NCc1cccnc1-n1ccnc1)c1cc(=O)[nH]c2ccccc12. The highest BCUT2D eigenvalue weighted by atomic mass is 16.2. The van der Waals surface area contributed by atoms with E-state index in [4.69, 9.17) is 0 Å². The topological polar surface area (TPSA) is 92.7 Å². The number of para-hydroxylation sites is 1. The fraction of sp³-hybridized carbons (Fsp3) is 0.0526. The Bertz CT molecular complexity index is 1130. The van der Waals surface area contributed by atoms with E-state index < -0.39 is 0 Å². The van der Waals surface area contributed by atoms with Gasteiger partial charge in [-0.15, -0.1) is 0 Å². The second-order valence-corrected chi connectivity index (χ2v) is 5.73. The van der Waals surface area contributed by atoms with Crippen LogP contribution < -0.4 is 10.9 Å². The smallest absolute Gasteiger partial charge is 0.252 e. The van der Waals surface area contributed by atoms with Gasteiger partial charge in [0.25, 0.3) is 5.91 Å². The molecule has 0 radical (unpaired) electrons. The maximum Gasteiger partial charge on any atom is 0.252 e. The second kappa shape index (κ2) is 6.64. The summed E-state index contributed by atoms with van der Waals surface area (Å²) in [6, 6.07) is 12.2. The van der Waals surface area contributed by atoms with E-state index in [-0.39, 0.29) is 18.0 Å². The normalized spacial score (nSPS) is 10.8. The first-order valence-electron chi connectivity index (χ1n) is 8.05. The highest BCUT2D eigenvalue weighted by Gasteiger charge is 2.13. The van der Waals surface area contributed by atoms with Crippen molar-refractivity contribution in [2.45, 2.75) is 6.54 Å². The number of pyridine rings is 2. The number of carbonyl (C=O) groups excluding carboxylic acids is 1. The van der Waals surface area contributed by atoms with E-state index in [1.165, 1.54) is 6.07 Å². The molecule has 0 saturated carbocycles. The van der Waals surface area contributed by atoms with Crippen molar-refractivity contribution in [3.8, 4) is 5.82 Å². The van der Waals surface area contributed by atoms with Crippen LogP contribution in [0, 0.1) is 0 Å². The number of H-pyrrole nitrogens is 1. The molecule has 26 heavy (non-hydrogen) atoms. The Morgan fingerprint density at radius 2 is 2.04 bits per heavy atom. The highest BCUT2D eigenvalue weighted by molar-refractivity contribution is 6.05. The number of amides is 1. The maximum absolute atomic E-state index is 12.7. The number of hydrogen-bond acceptors (Lipinski definition) is 4. The van der Waals surface area contributed by atoms with E-state index in [9.17, 15) is 9.59 Å². The van der Waals surface area contributed by atoms with Crippen molar-refractivity contribution in [2.24, 2.45) is 0 Å². The summed E-state index contributed by atoms with van der Waals surface area (Å²) < 4.78 is 1.78. The van der Waals surface area contributed by atoms with Crippen molar-refractivity contribution in [1.29, 1.82) is 0 Å². The lowest BCUT2D eigenvalue weighted by molar-refractivity contribution is 0.0952. The van der Waals surface area contributed by atoms with E-state index in [2.05, 4.69) is 20.3 Å². The molecule has 3 heterocycles. The standard InChI is InChI=1S/C19H15N5O2/c25-17-10-15(14-5-1-2-6-16(14)23-17)19(26)22-11-13-4-3-7-21-18(13)24-9-8-20-12-24/h1-10,12H,11H2,(H,22,26)(H,23,25). The summed E-state index contributed by atoms with van der Waals surface area (Å²) in [4.78, 5) is 35.6. The average molecular weight is 345 g/mol. The molecule has 0 saturated heterocycles. The van der Waals surface area contributed by atoms with Gasteiger partial charge in [-0.1, -0.05) is 24.3 Å². The summed E-state index contributed by atoms with van der Waals surface area (Å²) in [6.07, 6.45) is 6.79. The lowest BCUT2D eigenvalue weighted by Gasteiger charge is -2.11. The number of rotatable bonds is 4. The molecule has 128 valence electrons. The minimum atomic E-state index is -0.312. The molecule has 1 amide bonds. The van der Waals surface area contributed by atoms with E-state index in [0.29, 0.717) is 22.3 Å². The van der Waals surface area contributed by atoms with Gasteiger partial charge in [0.05, 0.1) is 5.56 Å². The van der Waals surface area contributed by atoms with Gasteiger partial charge in [0.2, 0.25) is 5.56 Å². The molecule has 7 nitrogen and oxygen atoms in total. The van der Waals surface area contributed by atoms with Gasteiger partial charge in [0.1, 0.15) is 12.1 Å². The monoisotopic (exact) mass is 345 g/mol. The van der Waals surface area contributed by atoms with Crippen LogP contribution in [-0.4, -0.2) is 25.4 Å². The Labute approximate surface area is 148 Å². The van der Waals surface area contributed by atoms with Crippen LogP contribution in [0.1, 0.15) is 15.9 Å². The van der Waals surface area contributed by atoms with Crippen LogP contribution in [0.15, 0.2) is 72.2 Å². The summed E-state index contributed by atoms with van der Waals surface area (Å²) in [5.41, 5.74) is 1.50. The molecule has 4 aromatic rings. The lowest BCUT2D eigenvalue weighted by Crippen LogP contribution is -2.25. The maximum atomic E-state index is 12.7. The van der Waals surface area contributed by atoms with Gasteiger partial charge in [-0.2, -0.15) is 0 Å². The molecule has 0 aliphatic rings. The van der Waals surface area contributed by atoms with Gasteiger partial charge >= 0.3 is 0 Å². The summed E-state index contributed by atoms with van der Waals surface area (Å²) in [5, 5.41) is 3.57. The number of nitrogens with one attached hydrogen (secondary N) is 2. The molecule has 4 rings (SSSR count). The molecule has 1 aromatic carbocycles. The van der Waals surface area contributed by atoms with E-state index in [0.717, 1.165) is 5.56 Å². The summed E-state index contributed by atoms with van der Waals surface area (Å²) >= 11 is 0. The number of carbonyl (C=O) groups is 1. The third kappa shape index (κ3) is 2.98. The fourth-order valence-electron chi connectivity index (χ4n) is 2.85. The third-order valence-electron chi connectivity index (χ3n) is 4.05. The van der Waals surface area contributed by atoms with Gasteiger partial charge < -0.3 is 10.3 Å². The second-order valence-electron chi connectivity index (χ2n) is 5.73. The van der Waals surface area contributed by atoms with Crippen LogP contribution in [0.25, 0.3) is 16.7 Å². The largest absolute Gasteiger partial charge is 0.348 e. The molecule has 0 unspecified atom stereocenters. The van der Waals surface area contributed by atoms with Crippen LogP contribution >= 0.6 is 0 Å². The molecule has 0 aliphatic heterocycles. The zero-order valence-corrected chi connectivity index (χ0v) is 13.7. The lowest BCUT2D eigenvalue weighted by atomic mass is 10.1. The quantitative estimate of drug-likeness (QED) is 0.592. The summed E-state index contributed by atoms with van der Waals surface area (Å²) in [6.45, 7) is 0.279. The molecule has 0 fully saturated rings. The Morgan fingerprint density at radius 3 is 2.88 bits per heavy atom. The van der Waals surface area contributed by atoms with E-state index in [1.54, 1.807) is 41.6 Å². The molecule has 0 bridgehead atoms. The third-order valence-corrected chi connectivity index (χ3v) is 4.05. The first-order chi connectivity index (χ1) is 12.7. The first kappa shape index (κ1) is 15.8. The van der Waals surface area contributed by atoms with Gasteiger partial charge in [-0.25, -0.2) is 9.97 Å². The Kier molecular flexibility index (Phi) is 4.03. The predicted molar refractivity (Wildman–Crippen MR) is 97.1 cm³/mol. The first-order valence-corrected chi connectivity index (χ1v) is 8.05. The number of aromatic nitrogens is 4. The molecule has 2 N–H and O–H groups in total. The van der Waals surface area contributed by atoms with Crippen LogP contribution in [0.5, 0.6) is 0 Å². The van der Waals surface area contributed by atoms with Crippen molar-refractivity contribution >= 4 is 16.8 Å². The molecule has 0 atom stereocenters. The van der Waals surface area contributed by atoms with Gasteiger partial charge in [-0.3, -0.25) is 14.2 Å². The van der Waals surface area contributed by atoms with Crippen molar-refractivity contribution in [3.05, 3.63) is 88.9 Å². The van der Waals surface area contributed by atoms with Gasteiger partial charge in [0, 0.05) is 47.7 Å². The van der Waals surface area contributed by atoms with Crippen molar-refractivity contribution in [1.82, 2.24) is 24.8 Å². The van der Waals surface area contributed by atoms with Gasteiger partial charge in [-0.05, 0) is 12.1 Å². The number of fused-ring (bicyclic) bond motifs is 1. The van der Waals surface area contributed by atoms with Crippen LogP contribution in [0.2, 0.25) is 0 Å². The summed E-state index contributed by atoms with van der Waals surface area (Å²) in [7, 11) is 0. The zero-order valence-electron chi connectivity index (χ0n) is 13.7. The number of nitrogens with zero attached hydrogens (tertiary/aromatic N) is 3. The highest BCUT2D eigenvalue weighted by Crippen LogP contribution is 2.15. The Hall–Kier alpha value is -3.74. The minimum Gasteiger partial charge on any atom is -0.348 e. The molecular formula is C19H15N5O2. The number of aromatic amines is 1. The molecule has 7 heteroatoms. The Morgan fingerprint density at radius 1 is 1.15 bits per heavy atom. The molecular weight excluding hydrogens is 330 g/mol. The van der Waals surface area contributed by atoms with Gasteiger partial charge in [0.15, 0.2) is 0 Å². The Balaban J connectivity index is 1.62. The number of hydrogen-bond donors (Lipinski definition) is 2. The van der Waals surface area contributed by atoms with Crippen LogP contribution in [0.3, 0.4) is 0 Å². The number of imidazole rings is 1. The van der Waals surface area contributed by atoms with Crippen LogP contribution in [-0.2, 0) is 6.54 Å². The average Bonchev–Trinajstić information content (AvgIpc) is 3.20. The molecule has 0 aliphatic carbocycles. The van der Waals surface area contributed by atoms with E-state index in [1.807, 2.05) is 24.3 Å². The predicted octanol–water partition coefficient (Wildman–Crippen LogP) is 2.04. The van der Waals surface area contributed by atoms with Crippen molar-refractivity contribution in [3.63, 3.8) is 0 Å². The van der Waals surface area contributed by atoms with Crippen LogP contribution in [0.4, 0.5) is 0 Å². The molecule has 3 aromatic heterocycles. The summed E-state index contributed by atoms with van der Waals surface area (Å²) in [5.74, 6) is 0.383. The number of benzene rings is 1. The zero-order chi connectivity index (χ0) is 17.9. The van der Waals surface area contributed by atoms with Crippen molar-refractivity contribution in [2.75, 3.05) is 0 Å². The van der Waals surface area contributed by atoms with Crippen molar-refractivity contribution < 1.29 is 4.79 Å². The molecule has 0 spiro atoms. The fourth-order valence-corrected chi connectivity index (χ4v) is 2.85.